The van der Waals surface area contributed by atoms with E-state index in [1.165, 1.54) is 13.8 Å². The fourth-order valence-corrected chi connectivity index (χ4v) is 0.241. The van der Waals surface area contributed by atoms with Crippen LogP contribution in [0.15, 0.2) is 24.3 Å². The van der Waals surface area contributed by atoms with Crippen LogP contribution in [0.3, 0.4) is 0 Å². The summed E-state index contributed by atoms with van der Waals surface area (Å²) in [5.41, 5.74) is 0.352. The van der Waals surface area contributed by atoms with Gasteiger partial charge in [-0.05, 0) is 27.7 Å². The zero-order valence-corrected chi connectivity index (χ0v) is 12.2. The molecule has 0 aromatic rings. The third-order valence-corrected chi connectivity index (χ3v) is 1.23. The third-order valence-electron chi connectivity index (χ3n) is 1.23. The van der Waals surface area contributed by atoms with Gasteiger partial charge in [-0.25, -0.2) is 9.59 Å². The highest BCUT2D eigenvalue weighted by Gasteiger charge is 1.90. The first-order chi connectivity index (χ1) is 8.91. The van der Waals surface area contributed by atoms with E-state index >= 15 is 0 Å². The van der Waals surface area contributed by atoms with E-state index in [2.05, 4.69) is 25.0 Å². The minimum atomic E-state index is -0.935. The van der Waals surface area contributed by atoms with Crippen LogP contribution in [0, 0.1) is 11.8 Å². The molecule has 0 heterocycles. The molecule has 2 unspecified atom stereocenters. The Bertz CT molecular complexity index is 336. The Morgan fingerprint density at radius 1 is 0.850 bits per heavy atom. The average Bonchev–Trinajstić information content (AvgIpc) is 2.27. The highest BCUT2D eigenvalue weighted by Crippen LogP contribution is 1.81. The van der Waals surface area contributed by atoms with Crippen LogP contribution in [0.25, 0.3) is 0 Å². The number of aliphatic hydroxyl groups is 2. The van der Waals surface area contributed by atoms with E-state index in [9.17, 15) is 9.59 Å². The monoisotopic (exact) mass is 286 g/mol. The molecule has 0 aromatic carbocycles. The summed E-state index contributed by atoms with van der Waals surface area (Å²) in [5.74, 6) is 2.93. The van der Waals surface area contributed by atoms with Crippen molar-refractivity contribution in [3.05, 3.63) is 24.3 Å². The van der Waals surface area contributed by atoms with E-state index in [0.717, 1.165) is 0 Å². The Labute approximate surface area is 119 Å². The van der Waals surface area contributed by atoms with Crippen molar-refractivity contribution in [1.29, 1.82) is 0 Å². The van der Waals surface area contributed by atoms with Gasteiger partial charge in [0, 0.05) is 11.1 Å². The number of aliphatic carboxylic acids is 2. The molecule has 0 spiro atoms. The van der Waals surface area contributed by atoms with Gasteiger partial charge in [-0.2, -0.15) is 0 Å². The predicted octanol–water partition coefficient (Wildman–Crippen LogP) is 1.05. The van der Waals surface area contributed by atoms with Crippen LogP contribution in [0.4, 0.5) is 0 Å². The van der Waals surface area contributed by atoms with Gasteiger partial charge < -0.3 is 20.4 Å². The second kappa shape index (κ2) is 13.3. The van der Waals surface area contributed by atoms with Crippen molar-refractivity contribution in [2.45, 2.75) is 39.9 Å². The van der Waals surface area contributed by atoms with Crippen LogP contribution in [-0.2, 0) is 9.59 Å². The molecule has 2 atom stereocenters. The van der Waals surface area contributed by atoms with Gasteiger partial charge in [-0.3, -0.25) is 0 Å². The van der Waals surface area contributed by atoms with Crippen molar-refractivity contribution < 1.29 is 30.0 Å². The molecule has 0 saturated carbocycles. The fraction of sp³-hybridized carbons (Fsp3) is 0.429. The Kier molecular flexibility index (Phi) is 15.4. The summed E-state index contributed by atoms with van der Waals surface area (Å²) in [4.78, 5) is 19.2. The first kappa shape index (κ1) is 23.0. The van der Waals surface area contributed by atoms with E-state index in [1.54, 1.807) is 13.8 Å². The van der Waals surface area contributed by atoms with E-state index in [0.29, 0.717) is 0 Å². The van der Waals surface area contributed by atoms with Crippen molar-refractivity contribution in [2.24, 2.45) is 0 Å². The number of carboxylic acid groups (broad SMARTS) is 2. The summed E-state index contributed by atoms with van der Waals surface area (Å²) in [7, 11) is 0. The summed E-state index contributed by atoms with van der Waals surface area (Å²) < 4.78 is 0. The fourth-order valence-electron chi connectivity index (χ4n) is 0.241. The van der Waals surface area contributed by atoms with Crippen molar-refractivity contribution in [2.75, 3.05) is 0 Å². The normalized spacial score (nSPS) is 10.9. The summed E-state index contributed by atoms with van der Waals surface area (Å²) in [6, 6.07) is 0. The first-order valence-electron chi connectivity index (χ1n) is 5.56. The average molecular weight is 286 g/mol. The lowest BCUT2D eigenvalue weighted by Gasteiger charge is -1.89. The van der Waals surface area contributed by atoms with Crippen molar-refractivity contribution >= 4 is 11.9 Å². The highest BCUT2D eigenvalue weighted by molar-refractivity contribution is 5.85. The molecule has 0 bridgehead atoms. The van der Waals surface area contributed by atoms with Crippen molar-refractivity contribution in [1.82, 2.24) is 0 Å². The summed E-state index contributed by atoms with van der Waals surface area (Å²) >= 11 is 0. The van der Waals surface area contributed by atoms with Gasteiger partial charge in [0.1, 0.15) is 12.2 Å². The Balaban J connectivity index is -0.000000221. The number of rotatable bonds is 2. The zero-order chi connectivity index (χ0) is 16.9. The van der Waals surface area contributed by atoms with Crippen molar-refractivity contribution in [3.8, 4) is 11.8 Å². The summed E-state index contributed by atoms with van der Waals surface area (Å²) in [6.45, 7) is 12.3. The van der Waals surface area contributed by atoms with Crippen LogP contribution >= 0.6 is 0 Å². The minimum absolute atomic E-state index is 0.176. The molecule has 20 heavy (non-hydrogen) atoms. The van der Waals surface area contributed by atoms with Gasteiger partial charge in [0.2, 0.25) is 0 Å². The molecule has 0 saturated heterocycles. The van der Waals surface area contributed by atoms with E-state index in [-0.39, 0.29) is 11.1 Å². The molecule has 0 rings (SSSR count). The maximum absolute atomic E-state index is 9.60. The molecule has 0 fully saturated rings. The molecule has 0 aliphatic heterocycles. The number of carboxylic acids is 2. The van der Waals surface area contributed by atoms with E-state index in [4.69, 9.17) is 20.4 Å². The number of hydrogen-bond donors (Lipinski definition) is 4. The van der Waals surface area contributed by atoms with Crippen LogP contribution in [0.1, 0.15) is 27.7 Å². The second-order valence-electron chi connectivity index (χ2n) is 3.81. The summed E-state index contributed by atoms with van der Waals surface area (Å²) in [6.07, 6.45) is -1.27. The molecule has 0 aliphatic rings. The van der Waals surface area contributed by atoms with Gasteiger partial charge in [-0.1, -0.05) is 25.0 Å². The van der Waals surface area contributed by atoms with Crippen LogP contribution in [0.2, 0.25) is 0 Å². The van der Waals surface area contributed by atoms with Crippen LogP contribution < -0.4 is 0 Å². The second-order valence-corrected chi connectivity index (χ2v) is 3.81. The number of carbonyl (C=O) groups is 2. The van der Waals surface area contributed by atoms with Crippen LogP contribution in [-0.4, -0.2) is 44.6 Å². The maximum atomic E-state index is 9.60. The molecular weight excluding hydrogens is 264 g/mol. The minimum Gasteiger partial charge on any atom is -0.478 e. The highest BCUT2D eigenvalue weighted by atomic mass is 16.4. The largest absolute Gasteiger partial charge is 0.478 e. The number of aliphatic hydroxyl groups excluding tert-OH is 2. The SMILES string of the molecule is C=C(C)C(=O)O.C=C(C)C(=O)O.CC(O)C#CC(C)O. The molecule has 4 N–H and O–H groups in total. The molecular formula is C14H22O6. The molecule has 6 nitrogen and oxygen atoms in total. The molecule has 6 heteroatoms. The van der Waals surface area contributed by atoms with Gasteiger partial charge in [0.05, 0.1) is 0 Å². The topological polar surface area (TPSA) is 115 Å². The van der Waals surface area contributed by atoms with Gasteiger partial charge in [0.15, 0.2) is 0 Å². The Hall–Kier alpha value is -2.10. The molecule has 0 aromatic heterocycles. The standard InChI is InChI=1S/C6H10O2.2C4H6O2/c1-5(7)3-4-6(2)8;2*1-3(2)4(5)6/h5-8H,1-2H3;2*1H2,2H3,(H,5,6). The molecule has 0 amide bonds. The van der Waals surface area contributed by atoms with Gasteiger partial charge in [0.25, 0.3) is 0 Å². The zero-order valence-electron chi connectivity index (χ0n) is 12.2. The first-order valence-corrected chi connectivity index (χ1v) is 5.56. The lowest BCUT2D eigenvalue weighted by atomic mass is 10.3. The lowest BCUT2D eigenvalue weighted by Crippen LogP contribution is -1.98. The molecule has 114 valence electrons. The molecule has 0 aliphatic carbocycles. The predicted molar refractivity (Wildman–Crippen MR) is 76.0 cm³/mol. The smallest absolute Gasteiger partial charge is 0.330 e. The Morgan fingerprint density at radius 2 is 1.00 bits per heavy atom. The number of hydrogen-bond acceptors (Lipinski definition) is 4. The molecule has 0 radical (unpaired) electrons. The summed E-state index contributed by atoms with van der Waals surface area (Å²) in [5, 5.41) is 32.8. The van der Waals surface area contributed by atoms with Gasteiger partial charge in [-0.15, -0.1) is 0 Å². The van der Waals surface area contributed by atoms with Gasteiger partial charge >= 0.3 is 11.9 Å². The third kappa shape index (κ3) is 29.7. The quantitative estimate of drug-likeness (QED) is 0.445. The van der Waals surface area contributed by atoms with E-state index < -0.39 is 24.1 Å². The van der Waals surface area contributed by atoms with Crippen LogP contribution in [0.5, 0.6) is 0 Å². The maximum Gasteiger partial charge on any atom is 0.330 e. The lowest BCUT2D eigenvalue weighted by molar-refractivity contribution is -0.133. The Morgan fingerprint density at radius 3 is 1.05 bits per heavy atom. The van der Waals surface area contributed by atoms with E-state index in [1.807, 2.05) is 0 Å². The van der Waals surface area contributed by atoms with Crippen molar-refractivity contribution in [3.63, 3.8) is 0 Å².